The van der Waals surface area contributed by atoms with Crippen molar-refractivity contribution in [1.29, 1.82) is 0 Å². The summed E-state index contributed by atoms with van der Waals surface area (Å²) in [4.78, 5) is 16.6. The normalized spacial score (nSPS) is 10.9. The van der Waals surface area contributed by atoms with E-state index in [-0.39, 0.29) is 12.5 Å². The monoisotopic (exact) mass is 395 g/mol. The predicted molar refractivity (Wildman–Crippen MR) is 105 cm³/mol. The molecule has 9 heteroatoms. The van der Waals surface area contributed by atoms with Crippen molar-refractivity contribution in [3.05, 3.63) is 60.4 Å². The summed E-state index contributed by atoms with van der Waals surface area (Å²) in [5.41, 5.74) is 3.01. The van der Waals surface area contributed by atoms with E-state index in [2.05, 4.69) is 20.6 Å². The van der Waals surface area contributed by atoms with Gasteiger partial charge in [-0.3, -0.25) is 4.79 Å². The van der Waals surface area contributed by atoms with Crippen molar-refractivity contribution in [3.63, 3.8) is 0 Å². The zero-order chi connectivity index (χ0) is 19.3. The molecule has 142 valence electrons. The minimum absolute atomic E-state index is 0.0760. The van der Waals surface area contributed by atoms with Crippen LogP contribution in [0.3, 0.4) is 0 Å². The average molecular weight is 395 g/mol. The van der Waals surface area contributed by atoms with Crippen LogP contribution >= 0.6 is 11.8 Å². The Morgan fingerprint density at radius 1 is 1.21 bits per heavy atom. The topological polar surface area (TPSA) is 95.1 Å². The van der Waals surface area contributed by atoms with Crippen LogP contribution in [-0.2, 0) is 17.1 Å². The molecule has 0 fully saturated rings. The number of rotatable bonds is 7. The number of oxazole rings is 1. The molecule has 2 heterocycles. The molecule has 0 saturated carbocycles. The summed E-state index contributed by atoms with van der Waals surface area (Å²) in [5.74, 6) is 1.09. The molecule has 0 aliphatic carbocycles. The summed E-state index contributed by atoms with van der Waals surface area (Å²) in [5, 5.41) is 11.5. The summed E-state index contributed by atoms with van der Waals surface area (Å²) >= 11 is 1.43. The second kappa shape index (κ2) is 8.13. The highest BCUT2D eigenvalue weighted by Crippen LogP contribution is 2.25. The first-order valence-electron chi connectivity index (χ1n) is 8.51. The van der Waals surface area contributed by atoms with Crippen LogP contribution in [0.4, 0.5) is 5.69 Å². The fourth-order valence-corrected chi connectivity index (χ4v) is 3.27. The lowest BCUT2D eigenvalue weighted by atomic mass is 10.3. The smallest absolute Gasteiger partial charge is 0.257 e. The van der Waals surface area contributed by atoms with Crippen LogP contribution in [0.2, 0.25) is 0 Å². The van der Waals surface area contributed by atoms with Crippen molar-refractivity contribution in [3.8, 4) is 5.75 Å². The Kier molecular flexibility index (Phi) is 5.24. The maximum atomic E-state index is 12.2. The predicted octanol–water partition coefficient (Wildman–Crippen LogP) is 3.36. The number of benzene rings is 2. The number of carbonyl (C=O) groups excluding carboxylic acids is 1. The molecule has 2 aromatic heterocycles. The first-order chi connectivity index (χ1) is 13.7. The van der Waals surface area contributed by atoms with Gasteiger partial charge in [0, 0.05) is 17.6 Å². The van der Waals surface area contributed by atoms with E-state index in [1.165, 1.54) is 16.4 Å². The number of methoxy groups -OCH3 is 1. The molecule has 0 spiro atoms. The van der Waals surface area contributed by atoms with Crippen molar-refractivity contribution in [2.24, 2.45) is 0 Å². The van der Waals surface area contributed by atoms with Crippen molar-refractivity contribution in [2.45, 2.75) is 17.5 Å². The van der Waals surface area contributed by atoms with Gasteiger partial charge in [-0.25, -0.2) is 9.67 Å². The number of carbonyl (C=O) groups is 1. The number of fused-ring (bicyclic) bond motifs is 1. The highest BCUT2D eigenvalue weighted by atomic mass is 32.2. The van der Waals surface area contributed by atoms with Gasteiger partial charge >= 0.3 is 0 Å². The maximum Gasteiger partial charge on any atom is 0.257 e. The van der Waals surface area contributed by atoms with E-state index in [1.807, 2.05) is 24.3 Å². The lowest BCUT2D eigenvalue weighted by molar-refractivity contribution is -0.116. The summed E-state index contributed by atoms with van der Waals surface area (Å²) in [6.45, 7) is 0.0760. The number of ether oxygens (including phenoxy) is 1. The number of nitrogens with zero attached hydrogens (tertiary/aromatic N) is 4. The van der Waals surface area contributed by atoms with Gasteiger partial charge in [-0.15, -0.1) is 5.10 Å². The number of thioether (sulfide) groups is 1. The van der Waals surface area contributed by atoms with Crippen LogP contribution in [-0.4, -0.2) is 33.0 Å². The second-order valence-electron chi connectivity index (χ2n) is 5.92. The van der Waals surface area contributed by atoms with Crippen LogP contribution < -0.4 is 10.1 Å². The quantitative estimate of drug-likeness (QED) is 0.479. The average Bonchev–Trinajstić information content (AvgIpc) is 3.33. The minimum atomic E-state index is -0.187. The highest BCUT2D eigenvalue weighted by Gasteiger charge is 2.10. The highest BCUT2D eigenvalue weighted by molar-refractivity contribution is 7.98. The van der Waals surface area contributed by atoms with Crippen LogP contribution in [0.1, 0.15) is 5.69 Å². The van der Waals surface area contributed by atoms with Gasteiger partial charge in [0.1, 0.15) is 17.8 Å². The Hall–Kier alpha value is -3.33. The number of amides is 1. The minimum Gasteiger partial charge on any atom is -0.497 e. The molecule has 28 heavy (non-hydrogen) atoms. The summed E-state index contributed by atoms with van der Waals surface area (Å²) in [6, 6.07) is 14.7. The lowest BCUT2D eigenvalue weighted by Crippen LogP contribution is -2.19. The molecule has 0 atom stereocenters. The van der Waals surface area contributed by atoms with Gasteiger partial charge in [0.15, 0.2) is 5.58 Å². The van der Waals surface area contributed by atoms with Gasteiger partial charge in [-0.2, -0.15) is 0 Å². The number of aromatic nitrogens is 4. The largest absolute Gasteiger partial charge is 0.497 e. The third kappa shape index (κ3) is 4.32. The lowest BCUT2D eigenvalue weighted by Gasteiger charge is -2.06. The van der Waals surface area contributed by atoms with E-state index in [1.54, 1.807) is 37.6 Å². The Bertz CT molecular complexity index is 1060. The molecule has 8 nitrogen and oxygen atoms in total. The SMILES string of the molecule is COc1ccc(NC(=O)Cn2cc(CSc3nc4ccccc4o3)nn2)cc1. The van der Waals surface area contributed by atoms with E-state index in [4.69, 9.17) is 9.15 Å². The van der Waals surface area contributed by atoms with Crippen LogP contribution in [0, 0.1) is 0 Å². The number of para-hydroxylation sites is 2. The van der Waals surface area contributed by atoms with Crippen molar-refractivity contribution >= 4 is 34.5 Å². The van der Waals surface area contributed by atoms with E-state index >= 15 is 0 Å². The summed E-state index contributed by atoms with van der Waals surface area (Å²) in [7, 11) is 1.60. The van der Waals surface area contributed by atoms with Gasteiger partial charge in [0.2, 0.25) is 5.91 Å². The summed E-state index contributed by atoms with van der Waals surface area (Å²) in [6.07, 6.45) is 1.74. The molecule has 2 aromatic carbocycles. The zero-order valence-corrected chi connectivity index (χ0v) is 15.8. The standard InChI is InChI=1S/C19H17N5O3S/c1-26-15-8-6-13(7-9-15)20-18(25)11-24-10-14(22-23-24)12-28-19-21-16-4-2-3-5-17(16)27-19/h2-10H,11-12H2,1H3,(H,20,25). The fraction of sp³-hybridized carbons (Fsp3) is 0.158. The maximum absolute atomic E-state index is 12.2. The Balaban J connectivity index is 1.31. The Morgan fingerprint density at radius 2 is 2.04 bits per heavy atom. The van der Waals surface area contributed by atoms with E-state index in [0.29, 0.717) is 16.7 Å². The number of hydrogen-bond donors (Lipinski definition) is 1. The van der Waals surface area contributed by atoms with Gasteiger partial charge < -0.3 is 14.5 Å². The number of nitrogens with one attached hydrogen (secondary N) is 1. The van der Waals surface area contributed by atoms with Gasteiger partial charge in [0.05, 0.1) is 12.8 Å². The first kappa shape index (κ1) is 18.1. The molecular weight excluding hydrogens is 378 g/mol. The fourth-order valence-electron chi connectivity index (χ4n) is 2.55. The molecule has 0 aliphatic heterocycles. The molecule has 1 amide bonds. The van der Waals surface area contributed by atoms with E-state index in [0.717, 1.165) is 22.5 Å². The van der Waals surface area contributed by atoms with Crippen molar-refractivity contribution in [1.82, 2.24) is 20.0 Å². The molecule has 0 radical (unpaired) electrons. The van der Waals surface area contributed by atoms with Gasteiger partial charge in [0.25, 0.3) is 5.22 Å². The molecule has 1 N–H and O–H groups in total. The van der Waals surface area contributed by atoms with Crippen molar-refractivity contribution < 1.29 is 13.9 Å². The zero-order valence-electron chi connectivity index (χ0n) is 15.0. The second-order valence-corrected chi connectivity index (χ2v) is 6.85. The first-order valence-corrected chi connectivity index (χ1v) is 9.49. The molecule has 0 bridgehead atoms. The molecule has 0 aliphatic rings. The molecule has 4 rings (SSSR count). The van der Waals surface area contributed by atoms with E-state index < -0.39 is 0 Å². The van der Waals surface area contributed by atoms with Crippen LogP contribution in [0.5, 0.6) is 5.75 Å². The Morgan fingerprint density at radius 3 is 2.82 bits per heavy atom. The Labute approximate surface area is 164 Å². The third-order valence-electron chi connectivity index (χ3n) is 3.88. The number of hydrogen-bond acceptors (Lipinski definition) is 7. The molecule has 0 unspecified atom stereocenters. The van der Waals surface area contributed by atoms with Gasteiger partial charge in [-0.05, 0) is 36.4 Å². The molecule has 0 saturated heterocycles. The summed E-state index contributed by atoms with van der Waals surface area (Å²) < 4.78 is 12.3. The van der Waals surface area contributed by atoms with Gasteiger partial charge in [-0.1, -0.05) is 29.1 Å². The molecule has 4 aromatic rings. The van der Waals surface area contributed by atoms with Crippen molar-refractivity contribution in [2.75, 3.05) is 12.4 Å². The van der Waals surface area contributed by atoms with Crippen LogP contribution in [0.25, 0.3) is 11.1 Å². The van der Waals surface area contributed by atoms with E-state index in [9.17, 15) is 4.79 Å². The van der Waals surface area contributed by atoms with Crippen LogP contribution in [0.15, 0.2) is 64.4 Å². The number of anilines is 1. The molecular formula is C19H17N5O3S. The third-order valence-corrected chi connectivity index (χ3v) is 4.74.